The van der Waals surface area contributed by atoms with Gasteiger partial charge < -0.3 is 0 Å². The molecule has 0 atom stereocenters. The van der Waals surface area contributed by atoms with E-state index in [2.05, 4.69) is 22.8 Å². The Morgan fingerprint density at radius 1 is 0.760 bits per heavy atom. The number of nitrogens with zero attached hydrogens (tertiary/aromatic N) is 4. The van der Waals surface area contributed by atoms with Crippen molar-refractivity contribution in [1.29, 1.82) is 0 Å². The molecule has 0 N–H and O–H groups in total. The minimum atomic E-state index is -0.170. The first-order chi connectivity index (χ1) is 12.2. The lowest BCUT2D eigenvalue weighted by Gasteiger charge is -2.07. The van der Waals surface area contributed by atoms with Crippen LogP contribution in [0.3, 0.4) is 0 Å². The highest BCUT2D eigenvalue weighted by Gasteiger charge is 2.11. The largest absolute Gasteiger partial charge is 0.287 e. The Hall–Kier alpha value is -3.12. The highest BCUT2D eigenvalue weighted by molar-refractivity contribution is 7.80. The van der Waals surface area contributed by atoms with Gasteiger partial charge in [0, 0.05) is 23.4 Å². The topological polar surface area (TPSA) is 52.7 Å². The number of thiol groups is 1. The smallest absolute Gasteiger partial charge is 0.209 e. The summed E-state index contributed by atoms with van der Waals surface area (Å²) >= 11 is 4.35. The van der Waals surface area contributed by atoms with Gasteiger partial charge in [-0.25, -0.2) is 9.36 Å². The standard InChI is InChI=1S/C19H14N4OS/c24-18-10-12-23(15-7-4-8-16(25)13-15)21-19(18)17-9-11-22(20-17)14-5-2-1-3-6-14/h1-13,25H. The van der Waals surface area contributed by atoms with Gasteiger partial charge in [-0.3, -0.25) is 4.79 Å². The summed E-state index contributed by atoms with van der Waals surface area (Å²) in [5, 5.41) is 8.94. The molecule has 0 saturated heterocycles. The monoisotopic (exact) mass is 346 g/mol. The fraction of sp³-hybridized carbons (Fsp3) is 0. The van der Waals surface area contributed by atoms with E-state index in [1.54, 1.807) is 21.6 Å². The molecule has 0 unspecified atom stereocenters. The molecule has 4 aromatic rings. The summed E-state index contributed by atoms with van der Waals surface area (Å²) in [5.74, 6) is 0. The second kappa shape index (κ2) is 6.41. The van der Waals surface area contributed by atoms with Crippen LogP contribution in [0.1, 0.15) is 0 Å². The molecule has 0 fully saturated rings. The summed E-state index contributed by atoms with van der Waals surface area (Å²) in [6.07, 6.45) is 3.46. The molecule has 0 aliphatic carbocycles. The van der Waals surface area contributed by atoms with Crippen LogP contribution in [0.5, 0.6) is 0 Å². The van der Waals surface area contributed by atoms with Crippen LogP contribution < -0.4 is 5.43 Å². The minimum Gasteiger partial charge on any atom is -0.287 e. The van der Waals surface area contributed by atoms with Crippen molar-refractivity contribution < 1.29 is 0 Å². The molecule has 0 spiro atoms. The third-order valence-electron chi connectivity index (χ3n) is 3.75. The van der Waals surface area contributed by atoms with Gasteiger partial charge in [-0.15, -0.1) is 12.6 Å². The number of rotatable bonds is 3. The van der Waals surface area contributed by atoms with E-state index in [-0.39, 0.29) is 5.43 Å². The molecule has 122 valence electrons. The lowest BCUT2D eigenvalue weighted by molar-refractivity contribution is 0.828. The second-order valence-electron chi connectivity index (χ2n) is 5.47. The van der Waals surface area contributed by atoms with E-state index >= 15 is 0 Å². The van der Waals surface area contributed by atoms with Gasteiger partial charge in [0.1, 0.15) is 5.69 Å². The molecule has 0 aliphatic heterocycles. The van der Waals surface area contributed by atoms with Crippen LogP contribution in [0.25, 0.3) is 22.8 Å². The molecule has 2 aromatic heterocycles. The maximum absolute atomic E-state index is 12.3. The zero-order valence-corrected chi connectivity index (χ0v) is 14.0. The van der Waals surface area contributed by atoms with Gasteiger partial charge in [0.2, 0.25) is 5.43 Å². The first kappa shape index (κ1) is 15.4. The third-order valence-corrected chi connectivity index (χ3v) is 4.03. The van der Waals surface area contributed by atoms with Gasteiger partial charge in [0.05, 0.1) is 11.4 Å². The number of hydrogen-bond acceptors (Lipinski definition) is 4. The van der Waals surface area contributed by atoms with Crippen LogP contribution in [0, 0.1) is 0 Å². The quantitative estimate of drug-likeness (QED) is 0.579. The summed E-state index contributed by atoms with van der Waals surface area (Å²) in [6.45, 7) is 0. The maximum Gasteiger partial charge on any atom is 0.209 e. The highest BCUT2D eigenvalue weighted by Crippen LogP contribution is 2.16. The number of benzene rings is 2. The van der Waals surface area contributed by atoms with Crippen molar-refractivity contribution in [2.75, 3.05) is 0 Å². The zero-order valence-electron chi connectivity index (χ0n) is 13.1. The summed E-state index contributed by atoms with van der Waals surface area (Å²) in [4.78, 5) is 13.1. The van der Waals surface area contributed by atoms with E-state index < -0.39 is 0 Å². The molecule has 0 bridgehead atoms. The summed E-state index contributed by atoms with van der Waals surface area (Å²) in [6, 6.07) is 20.6. The van der Waals surface area contributed by atoms with E-state index in [4.69, 9.17) is 0 Å². The molecule has 25 heavy (non-hydrogen) atoms. The molecule has 6 heteroatoms. The van der Waals surface area contributed by atoms with Crippen LogP contribution in [-0.2, 0) is 0 Å². The van der Waals surface area contributed by atoms with Gasteiger partial charge in [0.25, 0.3) is 0 Å². The third kappa shape index (κ3) is 3.12. The molecule has 0 amide bonds. The van der Waals surface area contributed by atoms with Crippen LogP contribution in [0.4, 0.5) is 0 Å². The van der Waals surface area contributed by atoms with Crippen molar-refractivity contribution in [2.45, 2.75) is 4.90 Å². The van der Waals surface area contributed by atoms with Crippen LogP contribution >= 0.6 is 12.6 Å². The molecule has 2 aromatic carbocycles. The average Bonchev–Trinajstić information content (AvgIpc) is 3.13. The zero-order chi connectivity index (χ0) is 17.2. The van der Waals surface area contributed by atoms with E-state index in [9.17, 15) is 4.79 Å². The Balaban J connectivity index is 1.77. The SMILES string of the molecule is O=c1ccn(-c2cccc(S)c2)nc1-c1ccn(-c2ccccc2)n1. The lowest BCUT2D eigenvalue weighted by atomic mass is 10.3. The Morgan fingerprint density at radius 2 is 1.48 bits per heavy atom. The molecule has 0 radical (unpaired) electrons. The van der Waals surface area contributed by atoms with E-state index in [0.29, 0.717) is 11.4 Å². The molecule has 2 heterocycles. The van der Waals surface area contributed by atoms with Gasteiger partial charge >= 0.3 is 0 Å². The van der Waals surface area contributed by atoms with Crippen molar-refractivity contribution in [3.05, 3.63) is 89.3 Å². The van der Waals surface area contributed by atoms with Crippen molar-refractivity contribution in [2.24, 2.45) is 0 Å². The van der Waals surface area contributed by atoms with Crippen molar-refractivity contribution in [1.82, 2.24) is 19.6 Å². The molecular weight excluding hydrogens is 332 g/mol. The Kier molecular flexibility index (Phi) is 3.95. The van der Waals surface area contributed by atoms with E-state index in [0.717, 1.165) is 16.3 Å². The number of aromatic nitrogens is 4. The Labute approximate surface area is 149 Å². The van der Waals surface area contributed by atoms with Crippen molar-refractivity contribution in [3.63, 3.8) is 0 Å². The van der Waals surface area contributed by atoms with E-state index in [1.165, 1.54) is 6.07 Å². The van der Waals surface area contributed by atoms with Crippen LogP contribution in [0.2, 0.25) is 0 Å². The minimum absolute atomic E-state index is 0.170. The number of para-hydroxylation sites is 1. The van der Waals surface area contributed by atoms with Gasteiger partial charge in [-0.05, 0) is 36.4 Å². The van der Waals surface area contributed by atoms with Crippen molar-refractivity contribution in [3.8, 4) is 22.8 Å². The molecule has 0 saturated carbocycles. The average molecular weight is 346 g/mol. The second-order valence-corrected chi connectivity index (χ2v) is 5.99. The number of hydrogen-bond donors (Lipinski definition) is 1. The first-order valence-corrected chi connectivity index (χ1v) is 8.16. The van der Waals surface area contributed by atoms with Gasteiger partial charge in [-0.1, -0.05) is 24.3 Å². The van der Waals surface area contributed by atoms with E-state index in [1.807, 2.05) is 60.8 Å². The Morgan fingerprint density at radius 3 is 2.28 bits per heavy atom. The summed E-state index contributed by atoms with van der Waals surface area (Å²) in [7, 11) is 0. The van der Waals surface area contributed by atoms with Gasteiger partial charge in [-0.2, -0.15) is 10.2 Å². The molecule has 0 aliphatic rings. The first-order valence-electron chi connectivity index (χ1n) is 7.71. The predicted molar refractivity (Wildman–Crippen MR) is 99.6 cm³/mol. The van der Waals surface area contributed by atoms with Crippen molar-refractivity contribution >= 4 is 12.6 Å². The lowest BCUT2D eigenvalue weighted by Crippen LogP contribution is -2.13. The normalized spacial score (nSPS) is 10.8. The van der Waals surface area contributed by atoms with Crippen LogP contribution in [-0.4, -0.2) is 19.6 Å². The highest BCUT2D eigenvalue weighted by atomic mass is 32.1. The summed E-state index contributed by atoms with van der Waals surface area (Å²) in [5.41, 5.74) is 2.42. The Bertz CT molecular complexity index is 1090. The molecule has 4 rings (SSSR count). The fourth-order valence-corrected chi connectivity index (χ4v) is 2.76. The maximum atomic E-state index is 12.3. The fourth-order valence-electron chi connectivity index (χ4n) is 2.54. The molecular formula is C19H14N4OS. The molecule has 5 nitrogen and oxygen atoms in total. The summed E-state index contributed by atoms with van der Waals surface area (Å²) < 4.78 is 3.38. The van der Waals surface area contributed by atoms with Gasteiger partial charge in [0.15, 0.2) is 5.69 Å². The predicted octanol–water partition coefficient (Wildman–Crippen LogP) is 3.37. The van der Waals surface area contributed by atoms with Crippen LogP contribution in [0.15, 0.2) is 88.8 Å².